The Bertz CT molecular complexity index is 279. The van der Waals surface area contributed by atoms with Crippen LogP contribution in [0.3, 0.4) is 0 Å². The topological polar surface area (TPSA) is 41.6 Å². The van der Waals surface area contributed by atoms with Crippen molar-refractivity contribution in [3.63, 3.8) is 0 Å². The largest absolute Gasteiger partial charge is 0.380 e. The van der Waals surface area contributed by atoms with Crippen LogP contribution in [0.25, 0.3) is 0 Å². The van der Waals surface area contributed by atoms with Gasteiger partial charge in [0.2, 0.25) is 5.91 Å². The Balaban J connectivity index is 2.36. The molecule has 0 aromatic heterocycles. The number of hydrogen-bond acceptors (Lipinski definition) is 3. The van der Waals surface area contributed by atoms with Gasteiger partial charge in [0.1, 0.15) is 0 Å². The molecule has 1 aliphatic rings. The minimum atomic E-state index is -0.0272. The highest BCUT2D eigenvalue weighted by atomic mass is 16.5. The Morgan fingerprint density at radius 1 is 1.26 bits per heavy atom. The van der Waals surface area contributed by atoms with Gasteiger partial charge in [-0.15, -0.1) is 0 Å². The Labute approximate surface area is 117 Å². The summed E-state index contributed by atoms with van der Waals surface area (Å²) in [4.78, 5) is 14.2. The highest BCUT2D eigenvalue weighted by Crippen LogP contribution is 2.18. The van der Waals surface area contributed by atoms with Crippen LogP contribution in [-0.4, -0.2) is 42.8 Å². The molecule has 4 nitrogen and oxygen atoms in total. The zero-order valence-electron chi connectivity index (χ0n) is 13.1. The van der Waals surface area contributed by atoms with Crippen molar-refractivity contribution in [2.45, 2.75) is 59.7 Å². The maximum absolute atomic E-state index is 12.3. The van der Waals surface area contributed by atoms with Crippen molar-refractivity contribution < 1.29 is 9.53 Å². The standard InChI is InChI=1S/C15H30N2O2/c1-6-13-16-14(12(4)5)15(18)17(13)8-10-19-9-7-11(2)3/h11-14,16H,6-10H2,1-5H3. The highest BCUT2D eigenvalue weighted by molar-refractivity contribution is 5.84. The zero-order valence-corrected chi connectivity index (χ0v) is 13.1. The molecule has 1 saturated heterocycles. The van der Waals surface area contributed by atoms with Crippen LogP contribution in [0.1, 0.15) is 47.5 Å². The van der Waals surface area contributed by atoms with Gasteiger partial charge in [0.15, 0.2) is 0 Å². The number of carbonyl (C=O) groups excluding carboxylic acids is 1. The minimum Gasteiger partial charge on any atom is -0.380 e. The van der Waals surface area contributed by atoms with Crippen molar-refractivity contribution in [1.82, 2.24) is 10.2 Å². The first-order valence-electron chi connectivity index (χ1n) is 7.61. The fourth-order valence-corrected chi connectivity index (χ4v) is 2.37. The number of nitrogens with one attached hydrogen (secondary N) is 1. The fraction of sp³-hybridized carbons (Fsp3) is 0.933. The summed E-state index contributed by atoms with van der Waals surface area (Å²) in [7, 11) is 0. The van der Waals surface area contributed by atoms with Crippen LogP contribution < -0.4 is 5.32 Å². The fourth-order valence-electron chi connectivity index (χ4n) is 2.37. The quantitative estimate of drug-likeness (QED) is 0.688. The molecule has 0 aromatic rings. The predicted molar refractivity (Wildman–Crippen MR) is 77.8 cm³/mol. The monoisotopic (exact) mass is 270 g/mol. The lowest BCUT2D eigenvalue weighted by atomic mass is 10.1. The van der Waals surface area contributed by atoms with Gasteiger partial charge < -0.3 is 9.64 Å². The molecule has 1 rings (SSSR count). The van der Waals surface area contributed by atoms with E-state index in [0.717, 1.165) is 19.4 Å². The minimum absolute atomic E-state index is 0.0272. The molecule has 1 amide bonds. The van der Waals surface area contributed by atoms with E-state index >= 15 is 0 Å². The van der Waals surface area contributed by atoms with E-state index in [1.54, 1.807) is 0 Å². The number of hydrogen-bond donors (Lipinski definition) is 1. The number of carbonyl (C=O) groups is 1. The average Bonchev–Trinajstić information content (AvgIpc) is 2.66. The maximum atomic E-state index is 12.3. The van der Waals surface area contributed by atoms with Gasteiger partial charge in [-0.05, 0) is 24.7 Å². The summed E-state index contributed by atoms with van der Waals surface area (Å²) in [5.41, 5.74) is 0. The number of rotatable bonds is 8. The molecular weight excluding hydrogens is 240 g/mol. The summed E-state index contributed by atoms with van der Waals surface area (Å²) in [6, 6.07) is -0.0272. The summed E-state index contributed by atoms with van der Waals surface area (Å²) in [5, 5.41) is 3.42. The molecule has 0 saturated carbocycles. The van der Waals surface area contributed by atoms with E-state index < -0.39 is 0 Å². The van der Waals surface area contributed by atoms with Crippen molar-refractivity contribution in [2.75, 3.05) is 19.8 Å². The van der Waals surface area contributed by atoms with Gasteiger partial charge in [0.05, 0.1) is 18.8 Å². The SMILES string of the molecule is CCC1NC(C(C)C)C(=O)N1CCOCCC(C)C. The van der Waals surface area contributed by atoms with E-state index in [4.69, 9.17) is 4.74 Å². The van der Waals surface area contributed by atoms with E-state index in [1.165, 1.54) is 0 Å². The lowest BCUT2D eigenvalue weighted by Crippen LogP contribution is -2.39. The Morgan fingerprint density at radius 2 is 1.95 bits per heavy atom. The summed E-state index contributed by atoms with van der Waals surface area (Å²) in [6.07, 6.45) is 2.20. The number of amides is 1. The lowest BCUT2D eigenvalue weighted by molar-refractivity contribution is -0.131. The molecule has 19 heavy (non-hydrogen) atoms. The van der Waals surface area contributed by atoms with E-state index in [9.17, 15) is 4.79 Å². The molecule has 1 N–H and O–H groups in total. The Morgan fingerprint density at radius 3 is 2.47 bits per heavy atom. The van der Waals surface area contributed by atoms with Gasteiger partial charge in [0, 0.05) is 13.2 Å². The molecule has 0 bridgehead atoms. The van der Waals surface area contributed by atoms with Crippen LogP contribution in [0.4, 0.5) is 0 Å². The molecule has 0 radical (unpaired) electrons. The molecular formula is C15H30N2O2. The Kier molecular flexibility index (Phi) is 6.80. The summed E-state index contributed by atoms with van der Waals surface area (Å²) in [5.74, 6) is 1.24. The molecule has 4 heteroatoms. The van der Waals surface area contributed by atoms with Gasteiger partial charge in [-0.1, -0.05) is 34.6 Å². The molecule has 112 valence electrons. The first-order valence-corrected chi connectivity index (χ1v) is 7.61. The van der Waals surface area contributed by atoms with Crippen molar-refractivity contribution in [2.24, 2.45) is 11.8 Å². The van der Waals surface area contributed by atoms with Crippen molar-refractivity contribution in [3.05, 3.63) is 0 Å². The maximum Gasteiger partial charge on any atom is 0.241 e. The van der Waals surface area contributed by atoms with E-state index in [-0.39, 0.29) is 18.1 Å². The van der Waals surface area contributed by atoms with Crippen LogP contribution in [-0.2, 0) is 9.53 Å². The summed E-state index contributed by atoms with van der Waals surface area (Å²) >= 11 is 0. The van der Waals surface area contributed by atoms with E-state index in [2.05, 4.69) is 39.9 Å². The van der Waals surface area contributed by atoms with Crippen LogP contribution in [0.2, 0.25) is 0 Å². The summed E-state index contributed by atoms with van der Waals surface area (Å²) < 4.78 is 5.62. The summed E-state index contributed by atoms with van der Waals surface area (Å²) in [6.45, 7) is 12.8. The van der Waals surface area contributed by atoms with Gasteiger partial charge in [-0.2, -0.15) is 0 Å². The lowest BCUT2D eigenvalue weighted by Gasteiger charge is -2.23. The normalized spacial score (nSPS) is 23.9. The van der Waals surface area contributed by atoms with E-state index in [1.807, 2.05) is 4.90 Å². The smallest absolute Gasteiger partial charge is 0.241 e. The van der Waals surface area contributed by atoms with Gasteiger partial charge in [-0.25, -0.2) is 0 Å². The molecule has 1 aliphatic heterocycles. The zero-order chi connectivity index (χ0) is 14.4. The van der Waals surface area contributed by atoms with Crippen LogP contribution >= 0.6 is 0 Å². The second kappa shape index (κ2) is 7.85. The third-order valence-electron chi connectivity index (χ3n) is 3.67. The predicted octanol–water partition coefficient (Wildman–Crippen LogP) is 2.24. The van der Waals surface area contributed by atoms with E-state index in [0.29, 0.717) is 25.0 Å². The highest BCUT2D eigenvalue weighted by Gasteiger charge is 2.38. The van der Waals surface area contributed by atoms with Crippen molar-refractivity contribution in [1.29, 1.82) is 0 Å². The van der Waals surface area contributed by atoms with Gasteiger partial charge >= 0.3 is 0 Å². The van der Waals surface area contributed by atoms with Crippen LogP contribution in [0.5, 0.6) is 0 Å². The molecule has 2 unspecified atom stereocenters. The first-order chi connectivity index (χ1) is 8.97. The van der Waals surface area contributed by atoms with Crippen molar-refractivity contribution in [3.8, 4) is 0 Å². The Hall–Kier alpha value is -0.610. The number of nitrogens with zero attached hydrogens (tertiary/aromatic N) is 1. The third kappa shape index (κ3) is 4.77. The van der Waals surface area contributed by atoms with Crippen LogP contribution in [0, 0.1) is 11.8 Å². The number of ether oxygens (including phenoxy) is 1. The molecule has 2 atom stereocenters. The average molecular weight is 270 g/mol. The third-order valence-corrected chi connectivity index (χ3v) is 3.67. The molecule has 0 aliphatic carbocycles. The van der Waals surface area contributed by atoms with Gasteiger partial charge in [-0.3, -0.25) is 10.1 Å². The molecule has 1 fully saturated rings. The van der Waals surface area contributed by atoms with Crippen LogP contribution in [0.15, 0.2) is 0 Å². The first kappa shape index (κ1) is 16.4. The van der Waals surface area contributed by atoms with Gasteiger partial charge in [0.25, 0.3) is 0 Å². The molecule has 0 spiro atoms. The van der Waals surface area contributed by atoms with Crippen molar-refractivity contribution >= 4 is 5.91 Å². The second-order valence-electron chi connectivity index (χ2n) is 6.14. The molecule has 0 aromatic carbocycles. The molecule has 1 heterocycles. The second-order valence-corrected chi connectivity index (χ2v) is 6.14.